The zero-order valence-electron chi connectivity index (χ0n) is 10.4. The van der Waals surface area contributed by atoms with Gasteiger partial charge in [0.25, 0.3) is 0 Å². The number of carbonyl (C=O) groups is 2. The average molecular weight is 250 g/mol. The molecule has 1 unspecified atom stereocenters. The second-order valence-electron chi connectivity index (χ2n) is 4.55. The molecule has 0 radical (unpaired) electrons. The number of ketones is 1. The lowest BCUT2D eigenvalue weighted by atomic mass is 10.1. The van der Waals surface area contributed by atoms with Crippen LogP contribution in [-0.4, -0.2) is 41.8 Å². The molecule has 18 heavy (non-hydrogen) atoms. The highest BCUT2D eigenvalue weighted by Crippen LogP contribution is 2.28. The summed E-state index contributed by atoms with van der Waals surface area (Å²) in [7, 11) is 1.66. The highest BCUT2D eigenvalue weighted by atomic mass is 19.1. The molecule has 0 bridgehead atoms. The van der Waals surface area contributed by atoms with Crippen LogP contribution in [0.3, 0.4) is 0 Å². The number of amides is 2. The molecule has 2 amide bonds. The molecule has 5 heteroatoms. The Morgan fingerprint density at radius 1 is 1.50 bits per heavy atom. The first-order valence-electron chi connectivity index (χ1n) is 5.75. The molecule has 0 aromatic heterocycles. The smallest absolute Gasteiger partial charge is 0.319 e. The number of halogens is 1. The quantitative estimate of drug-likeness (QED) is 0.821. The SMILES string of the molecule is CC(=O)CN1CC(c2cccc(F)c2)N(C)C1=O. The van der Waals surface area contributed by atoms with Gasteiger partial charge in [0.2, 0.25) is 0 Å². The van der Waals surface area contributed by atoms with E-state index in [9.17, 15) is 14.0 Å². The number of rotatable bonds is 3. The van der Waals surface area contributed by atoms with Crippen molar-refractivity contribution in [2.45, 2.75) is 13.0 Å². The summed E-state index contributed by atoms with van der Waals surface area (Å²) in [4.78, 5) is 26.0. The van der Waals surface area contributed by atoms with Crippen LogP contribution in [0.25, 0.3) is 0 Å². The van der Waals surface area contributed by atoms with Crippen LogP contribution >= 0.6 is 0 Å². The normalized spacial score (nSPS) is 19.5. The maximum atomic E-state index is 13.2. The molecule has 0 aliphatic carbocycles. The van der Waals surface area contributed by atoms with Gasteiger partial charge < -0.3 is 9.80 Å². The molecule has 1 atom stereocenters. The molecular formula is C13H15FN2O2. The highest BCUT2D eigenvalue weighted by molar-refractivity contribution is 5.85. The van der Waals surface area contributed by atoms with Crippen molar-refractivity contribution in [2.75, 3.05) is 20.1 Å². The lowest BCUT2D eigenvalue weighted by molar-refractivity contribution is -0.117. The Balaban J connectivity index is 2.21. The Morgan fingerprint density at radius 2 is 2.22 bits per heavy atom. The van der Waals surface area contributed by atoms with Crippen LogP contribution in [0.2, 0.25) is 0 Å². The number of benzene rings is 1. The lowest BCUT2D eigenvalue weighted by Crippen LogP contribution is -2.32. The van der Waals surface area contributed by atoms with Gasteiger partial charge in [-0.2, -0.15) is 0 Å². The molecule has 0 spiro atoms. The summed E-state index contributed by atoms with van der Waals surface area (Å²) in [5.74, 6) is -0.380. The third-order valence-corrected chi connectivity index (χ3v) is 3.08. The number of urea groups is 1. The second kappa shape index (κ2) is 4.76. The van der Waals surface area contributed by atoms with Crippen LogP contribution in [0.5, 0.6) is 0 Å². The van der Waals surface area contributed by atoms with Gasteiger partial charge in [-0.3, -0.25) is 4.79 Å². The summed E-state index contributed by atoms with van der Waals surface area (Å²) in [6.07, 6.45) is 0. The van der Waals surface area contributed by atoms with Gasteiger partial charge in [0, 0.05) is 13.6 Å². The van der Waals surface area contributed by atoms with Crippen molar-refractivity contribution < 1.29 is 14.0 Å². The van der Waals surface area contributed by atoms with Crippen LogP contribution in [0.1, 0.15) is 18.5 Å². The second-order valence-corrected chi connectivity index (χ2v) is 4.55. The van der Waals surface area contributed by atoms with Gasteiger partial charge in [-0.1, -0.05) is 12.1 Å². The average Bonchev–Trinajstić information content (AvgIpc) is 2.57. The first-order valence-corrected chi connectivity index (χ1v) is 5.75. The van der Waals surface area contributed by atoms with E-state index in [1.54, 1.807) is 19.2 Å². The Labute approximate surface area is 105 Å². The number of hydrogen-bond donors (Lipinski definition) is 0. The maximum Gasteiger partial charge on any atom is 0.320 e. The fraction of sp³-hybridized carbons (Fsp3) is 0.385. The maximum absolute atomic E-state index is 13.2. The van der Waals surface area contributed by atoms with Gasteiger partial charge in [0.1, 0.15) is 11.6 Å². The standard InChI is InChI=1S/C13H15FN2O2/c1-9(17)7-16-8-12(15(2)13(16)18)10-4-3-5-11(14)6-10/h3-6,12H,7-8H2,1-2H3. The number of hydrogen-bond acceptors (Lipinski definition) is 2. The van der Waals surface area contributed by atoms with E-state index >= 15 is 0 Å². The van der Waals surface area contributed by atoms with Crippen LogP contribution in [0, 0.1) is 5.82 Å². The van der Waals surface area contributed by atoms with Gasteiger partial charge >= 0.3 is 6.03 Å². The molecule has 2 rings (SSSR count). The van der Waals surface area contributed by atoms with E-state index in [1.807, 2.05) is 0 Å². The number of nitrogens with zero attached hydrogens (tertiary/aromatic N) is 2. The van der Waals surface area contributed by atoms with E-state index in [0.717, 1.165) is 5.56 Å². The first-order chi connectivity index (χ1) is 8.49. The summed E-state index contributed by atoms with van der Waals surface area (Å²) in [6, 6.07) is 5.80. The summed E-state index contributed by atoms with van der Waals surface area (Å²) in [6.45, 7) is 1.97. The first kappa shape index (κ1) is 12.5. The molecule has 1 fully saturated rings. The van der Waals surface area contributed by atoms with Crippen molar-refractivity contribution in [3.05, 3.63) is 35.6 Å². The molecule has 1 aromatic carbocycles. The van der Waals surface area contributed by atoms with E-state index in [-0.39, 0.29) is 30.2 Å². The number of Topliss-reactive ketones (excluding diaryl/α,β-unsaturated/α-hetero) is 1. The Morgan fingerprint density at radius 3 is 2.83 bits per heavy atom. The minimum absolute atomic E-state index is 0.0587. The van der Waals surface area contributed by atoms with Crippen LogP contribution in [0.15, 0.2) is 24.3 Å². The fourth-order valence-corrected chi connectivity index (χ4v) is 2.21. The predicted octanol–water partition coefficient (Wildman–Crippen LogP) is 1.82. The molecular weight excluding hydrogens is 235 g/mol. The minimum atomic E-state index is -0.321. The van der Waals surface area contributed by atoms with Crippen molar-refractivity contribution in [3.63, 3.8) is 0 Å². The molecule has 1 aliphatic rings. The summed E-state index contributed by atoms with van der Waals surface area (Å²) < 4.78 is 13.2. The van der Waals surface area contributed by atoms with Crippen molar-refractivity contribution in [3.8, 4) is 0 Å². The molecule has 4 nitrogen and oxygen atoms in total. The molecule has 0 saturated carbocycles. The van der Waals surface area contributed by atoms with Crippen LogP contribution in [0.4, 0.5) is 9.18 Å². The van der Waals surface area contributed by atoms with Crippen molar-refractivity contribution in [1.29, 1.82) is 0 Å². The van der Waals surface area contributed by atoms with E-state index in [1.165, 1.54) is 28.9 Å². The zero-order chi connectivity index (χ0) is 13.3. The predicted molar refractivity (Wildman–Crippen MR) is 64.6 cm³/mol. The summed E-state index contributed by atoms with van der Waals surface area (Å²) in [5, 5.41) is 0. The molecule has 0 N–H and O–H groups in total. The van der Waals surface area contributed by atoms with Gasteiger partial charge in [0.15, 0.2) is 0 Å². The topological polar surface area (TPSA) is 40.6 Å². The summed E-state index contributed by atoms with van der Waals surface area (Å²) >= 11 is 0. The molecule has 1 saturated heterocycles. The third-order valence-electron chi connectivity index (χ3n) is 3.08. The minimum Gasteiger partial charge on any atom is -0.319 e. The van der Waals surface area contributed by atoms with Crippen LogP contribution in [-0.2, 0) is 4.79 Å². The van der Waals surface area contributed by atoms with Crippen molar-refractivity contribution in [2.24, 2.45) is 0 Å². The Kier molecular flexibility index (Phi) is 3.32. The zero-order valence-corrected chi connectivity index (χ0v) is 10.4. The van der Waals surface area contributed by atoms with Crippen LogP contribution < -0.4 is 0 Å². The number of likely N-dealkylation sites (N-methyl/N-ethyl adjacent to an activating group) is 1. The van der Waals surface area contributed by atoms with Crippen molar-refractivity contribution >= 4 is 11.8 Å². The van der Waals surface area contributed by atoms with Gasteiger partial charge in [-0.25, -0.2) is 9.18 Å². The van der Waals surface area contributed by atoms with E-state index in [2.05, 4.69) is 0 Å². The summed E-state index contributed by atoms with van der Waals surface area (Å²) in [5.41, 5.74) is 0.747. The largest absolute Gasteiger partial charge is 0.320 e. The molecule has 1 heterocycles. The number of carbonyl (C=O) groups excluding carboxylic acids is 2. The lowest BCUT2D eigenvalue weighted by Gasteiger charge is -2.17. The molecule has 1 aliphatic heterocycles. The highest BCUT2D eigenvalue weighted by Gasteiger charge is 2.35. The van der Waals surface area contributed by atoms with Gasteiger partial charge in [-0.05, 0) is 24.6 Å². The molecule has 1 aromatic rings. The Hall–Kier alpha value is -1.91. The van der Waals surface area contributed by atoms with E-state index in [4.69, 9.17) is 0 Å². The molecule has 96 valence electrons. The van der Waals surface area contributed by atoms with Gasteiger partial charge in [-0.15, -0.1) is 0 Å². The van der Waals surface area contributed by atoms with Crippen molar-refractivity contribution in [1.82, 2.24) is 9.80 Å². The van der Waals surface area contributed by atoms with E-state index < -0.39 is 0 Å². The Bertz CT molecular complexity index is 490. The third kappa shape index (κ3) is 2.34. The van der Waals surface area contributed by atoms with E-state index in [0.29, 0.717) is 6.54 Å². The monoisotopic (exact) mass is 250 g/mol. The van der Waals surface area contributed by atoms with Gasteiger partial charge in [0.05, 0.1) is 12.6 Å². The fourth-order valence-electron chi connectivity index (χ4n) is 2.21.